The number of benzene rings is 3. The molecule has 3 nitrogen and oxygen atoms in total. The van der Waals surface area contributed by atoms with Gasteiger partial charge < -0.3 is 17.2 Å². The van der Waals surface area contributed by atoms with E-state index in [9.17, 15) is 0 Å². The molecule has 0 amide bonds. The van der Waals surface area contributed by atoms with Gasteiger partial charge in [0, 0.05) is 17.1 Å². The number of hydrogen-bond donors (Lipinski definition) is 3. The van der Waals surface area contributed by atoms with E-state index in [4.69, 9.17) is 28.8 Å². The van der Waals surface area contributed by atoms with Crippen molar-refractivity contribution in [1.29, 1.82) is 0 Å². The zero-order valence-corrected chi connectivity index (χ0v) is 16.1. The van der Waals surface area contributed by atoms with Gasteiger partial charge in [0.15, 0.2) is 0 Å². The second-order valence-corrected chi connectivity index (χ2v) is 7.45. The van der Waals surface area contributed by atoms with Gasteiger partial charge in [-0.3, -0.25) is 0 Å². The van der Waals surface area contributed by atoms with Crippen LogP contribution in [0.15, 0.2) is 54.6 Å². The minimum Gasteiger partial charge on any atom is -0.399 e. The maximum absolute atomic E-state index is 7.47. The summed E-state index contributed by atoms with van der Waals surface area (Å²) in [6, 6.07) is 17.5. The minimum absolute atomic E-state index is 0.716. The number of rotatable bonds is 3. The average Bonchev–Trinajstić information content (AvgIpc) is 2.54. The molecule has 0 unspecified atom stereocenters. The molecule has 26 heavy (non-hydrogen) atoms. The van der Waals surface area contributed by atoms with E-state index in [1.807, 2.05) is 75.4 Å². The molecule has 0 atom stereocenters. The van der Waals surface area contributed by atoms with Gasteiger partial charge in [-0.25, -0.2) is 0 Å². The van der Waals surface area contributed by atoms with Crippen LogP contribution >= 0.6 is 11.6 Å². The summed E-state index contributed by atoms with van der Waals surface area (Å²) in [5, 5.41) is 0. The summed E-state index contributed by atoms with van der Waals surface area (Å²) in [6.07, 6.45) is 0. The Morgan fingerprint density at radius 1 is 0.577 bits per heavy atom. The van der Waals surface area contributed by atoms with Crippen LogP contribution in [0.3, 0.4) is 0 Å². The van der Waals surface area contributed by atoms with E-state index in [0.717, 1.165) is 33.4 Å². The molecular formula is C22H24ClN3. The van der Waals surface area contributed by atoms with Gasteiger partial charge in [-0.05, 0) is 90.6 Å². The van der Waals surface area contributed by atoms with Gasteiger partial charge in [0.05, 0.1) is 0 Å². The third-order valence-corrected chi connectivity index (χ3v) is 5.48. The summed E-state index contributed by atoms with van der Waals surface area (Å²) >= 11 is 7.47. The summed E-state index contributed by atoms with van der Waals surface area (Å²) in [5.74, 6) is 0. The van der Waals surface area contributed by atoms with Crippen LogP contribution in [0.25, 0.3) is 0 Å². The second kappa shape index (κ2) is 6.58. The number of aryl methyl sites for hydroxylation is 3. The molecule has 3 rings (SSSR count). The Bertz CT molecular complexity index is 854. The molecule has 0 radical (unpaired) electrons. The number of nitrogens with two attached hydrogens (primary N) is 3. The Balaban J connectivity index is 2.38. The molecule has 3 aromatic carbocycles. The monoisotopic (exact) mass is 365 g/mol. The van der Waals surface area contributed by atoms with E-state index in [0.29, 0.717) is 17.1 Å². The number of anilines is 3. The molecule has 0 fully saturated rings. The third kappa shape index (κ3) is 2.99. The number of halogens is 1. The molecule has 0 heterocycles. The van der Waals surface area contributed by atoms with E-state index in [2.05, 4.69) is 0 Å². The van der Waals surface area contributed by atoms with Gasteiger partial charge >= 0.3 is 0 Å². The molecule has 6 N–H and O–H groups in total. The summed E-state index contributed by atoms with van der Waals surface area (Å²) in [5.41, 5.74) is 26.2. The fourth-order valence-electron chi connectivity index (χ4n) is 3.66. The maximum atomic E-state index is 7.47. The average molecular weight is 366 g/mol. The zero-order valence-electron chi connectivity index (χ0n) is 15.3. The molecular weight excluding hydrogens is 342 g/mol. The van der Waals surface area contributed by atoms with Crippen molar-refractivity contribution in [1.82, 2.24) is 0 Å². The molecule has 4 heteroatoms. The first-order valence-corrected chi connectivity index (χ1v) is 8.90. The van der Waals surface area contributed by atoms with Crippen molar-refractivity contribution in [3.63, 3.8) is 0 Å². The van der Waals surface area contributed by atoms with E-state index < -0.39 is 4.87 Å². The van der Waals surface area contributed by atoms with Crippen molar-refractivity contribution in [2.45, 2.75) is 25.6 Å². The standard InChI is InChI=1S/C22H24ClN3/c1-13-10-16(24)4-7-19(13)22(23,20-8-5-17(25)11-14(20)2)21-9-6-18(26)12-15(21)3/h4-12H,24-26H2,1-3H3. The van der Waals surface area contributed by atoms with Crippen molar-refractivity contribution in [2.24, 2.45) is 0 Å². The van der Waals surface area contributed by atoms with Crippen LogP contribution in [0.4, 0.5) is 17.1 Å². The Kier molecular flexibility index (Phi) is 4.59. The van der Waals surface area contributed by atoms with E-state index in [1.54, 1.807) is 0 Å². The number of hydrogen-bond acceptors (Lipinski definition) is 3. The third-order valence-electron chi connectivity index (χ3n) is 4.86. The van der Waals surface area contributed by atoms with Crippen molar-refractivity contribution in [2.75, 3.05) is 17.2 Å². The summed E-state index contributed by atoms with van der Waals surface area (Å²) < 4.78 is 0. The van der Waals surface area contributed by atoms with E-state index in [-0.39, 0.29) is 0 Å². The molecule has 134 valence electrons. The molecule has 0 bridgehead atoms. The van der Waals surface area contributed by atoms with Gasteiger partial charge in [-0.1, -0.05) is 18.2 Å². The maximum Gasteiger partial charge on any atom is 0.120 e. The van der Waals surface area contributed by atoms with Crippen LogP contribution in [0.5, 0.6) is 0 Å². The predicted molar refractivity (Wildman–Crippen MR) is 113 cm³/mol. The molecule has 0 aliphatic rings. The van der Waals surface area contributed by atoms with Crippen LogP contribution < -0.4 is 17.2 Å². The molecule has 0 aromatic heterocycles. The Labute approximate surface area is 159 Å². The fourth-order valence-corrected chi connectivity index (χ4v) is 4.29. The molecule has 0 aliphatic heterocycles. The molecule has 3 aromatic rings. The number of alkyl halides is 1. The topological polar surface area (TPSA) is 78.1 Å². The Morgan fingerprint density at radius 3 is 1.08 bits per heavy atom. The lowest BCUT2D eigenvalue weighted by molar-refractivity contribution is 0.850. The van der Waals surface area contributed by atoms with Crippen molar-refractivity contribution in [3.8, 4) is 0 Å². The Morgan fingerprint density at radius 2 is 0.846 bits per heavy atom. The van der Waals surface area contributed by atoms with E-state index in [1.165, 1.54) is 0 Å². The van der Waals surface area contributed by atoms with E-state index >= 15 is 0 Å². The van der Waals surface area contributed by atoms with Gasteiger partial charge in [-0.2, -0.15) is 0 Å². The highest BCUT2D eigenvalue weighted by molar-refractivity contribution is 6.28. The van der Waals surface area contributed by atoms with Crippen LogP contribution in [0.1, 0.15) is 33.4 Å². The second-order valence-electron chi connectivity index (χ2n) is 6.88. The smallest absolute Gasteiger partial charge is 0.120 e. The molecule has 0 saturated heterocycles. The van der Waals surface area contributed by atoms with Crippen LogP contribution in [0.2, 0.25) is 0 Å². The van der Waals surface area contributed by atoms with Gasteiger partial charge in [0.25, 0.3) is 0 Å². The highest BCUT2D eigenvalue weighted by atomic mass is 35.5. The first-order chi connectivity index (χ1) is 12.2. The predicted octanol–water partition coefficient (Wildman–Crippen LogP) is 4.89. The lowest BCUT2D eigenvalue weighted by Crippen LogP contribution is -2.26. The summed E-state index contributed by atoms with van der Waals surface area (Å²) in [4.78, 5) is -0.868. The van der Waals surface area contributed by atoms with Gasteiger partial charge in [-0.15, -0.1) is 11.6 Å². The van der Waals surface area contributed by atoms with Crippen molar-refractivity contribution < 1.29 is 0 Å². The first kappa shape index (κ1) is 18.2. The normalized spacial score (nSPS) is 11.5. The number of nitrogen functional groups attached to an aromatic ring is 3. The first-order valence-electron chi connectivity index (χ1n) is 8.52. The quantitative estimate of drug-likeness (QED) is 0.351. The SMILES string of the molecule is Cc1cc(N)ccc1C(Cl)(c1ccc(N)cc1C)c1ccc(N)cc1C. The van der Waals surface area contributed by atoms with Crippen molar-refractivity contribution in [3.05, 3.63) is 88.0 Å². The lowest BCUT2D eigenvalue weighted by atomic mass is 9.78. The lowest BCUT2D eigenvalue weighted by Gasteiger charge is -2.33. The summed E-state index contributed by atoms with van der Waals surface area (Å²) in [6.45, 7) is 6.09. The zero-order chi connectivity index (χ0) is 19.1. The molecule has 0 saturated carbocycles. The van der Waals surface area contributed by atoms with Crippen molar-refractivity contribution >= 4 is 28.7 Å². The molecule has 0 spiro atoms. The fraction of sp³-hybridized carbons (Fsp3) is 0.182. The highest BCUT2D eigenvalue weighted by Gasteiger charge is 2.37. The minimum atomic E-state index is -0.868. The van der Waals surface area contributed by atoms with Gasteiger partial charge in [0.1, 0.15) is 4.87 Å². The highest BCUT2D eigenvalue weighted by Crippen LogP contribution is 2.47. The van der Waals surface area contributed by atoms with Crippen LogP contribution in [0, 0.1) is 20.8 Å². The van der Waals surface area contributed by atoms with Gasteiger partial charge in [0.2, 0.25) is 0 Å². The van der Waals surface area contributed by atoms with Crippen LogP contribution in [-0.4, -0.2) is 0 Å². The molecule has 0 aliphatic carbocycles. The summed E-state index contributed by atoms with van der Waals surface area (Å²) in [7, 11) is 0. The Hall–Kier alpha value is -2.65. The van der Waals surface area contributed by atoms with Crippen LogP contribution in [-0.2, 0) is 4.87 Å². The largest absolute Gasteiger partial charge is 0.399 e.